The number of halogens is 1. The van der Waals surface area contributed by atoms with Crippen molar-refractivity contribution in [3.8, 4) is 0 Å². The highest BCUT2D eigenvalue weighted by Gasteiger charge is 2.17. The topological polar surface area (TPSA) is 111 Å². The van der Waals surface area contributed by atoms with Crippen molar-refractivity contribution in [3.05, 3.63) is 94.0 Å². The van der Waals surface area contributed by atoms with Gasteiger partial charge in [0.25, 0.3) is 11.8 Å². The Balaban J connectivity index is 1.87. The molecule has 8 heteroatoms. The number of nitrogens with one attached hydrogen (secondary N) is 2. The zero-order valence-electron chi connectivity index (χ0n) is 14.8. The molecule has 0 aliphatic rings. The molecular weight excluding hydrogens is 440 g/mol. The second-order valence-electron chi connectivity index (χ2n) is 5.85. The van der Waals surface area contributed by atoms with Crippen LogP contribution in [0.3, 0.4) is 0 Å². The largest absolute Gasteiger partial charge is 0.545 e. The van der Waals surface area contributed by atoms with Crippen molar-refractivity contribution in [2.24, 2.45) is 0 Å². The van der Waals surface area contributed by atoms with E-state index in [0.29, 0.717) is 10.2 Å². The molecule has 0 radical (unpaired) electrons. The third-order valence-corrected chi connectivity index (χ3v) is 4.18. The van der Waals surface area contributed by atoms with Gasteiger partial charge in [-0.05, 0) is 57.4 Å². The second kappa shape index (κ2) is 9.03. The SMILES string of the molecule is O=C(Nc1cccc(C(=O)[O-])c1)/C(=C/c1ccccc1)NC(=O)c1ccc(Br)o1. The fourth-order valence-corrected chi connectivity index (χ4v) is 2.72. The molecule has 0 fully saturated rings. The van der Waals surface area contributed by atoms with Gasteiger partial charge in [0.2, 0.25) is 0 Å². The van der Waals surface area contributed by atoms with Crippen LogP contribution in [0, 0.1) is 0 Å². The van der Waals surface area contributed by atoms with Crippen molar-refractivity contribution >= 4 is 45.5 Å². The molecule has 29 heavy (non-hydrogen) atoms. The lowest BCUT2D eigenvalue weighted by atomic mass is 10.1. The first-order valence-electron chi connectivity index (χ1n) is 8.38. The molecule has 0 aliphatic heterocycles. The molecule has 2 aromatic carbocycles. The maximum atomic E-state index is 12.8. The molecule has 2 amide bonds. The number of carboxylic acid groups (broad SMARTS) is 1. The van der Waals surface area contributed by atoms with Gasteiger partial charge in [-0.3, -0.25) is 9.59 Å². The maximum absolute atomic E-state index is 12.8. The van der Waals surface area contributed by atoms with Crippen molar-refractivity contribution in [1.29, 1.82) is 0 Å². The number of rotatable bonds is 6. The van der Waals surface area contributed by atoms with Crippen molar-refractivity contribution in [1.82, 2.24) is 5.32 Å². The van der Waals surface area contributed by atoms with E-state index in [1.54, 1.807) is 30.3 Å². The molecule has 7 nitrogen and oxygen atoms in total. The Morgan fingerprint density at radius 1 is 0.966 bits per heavy atom. The normalized spacial score (nSPS) is 11.0. The van der Waals surface area contributed by atoms with Crippen LogP contribution >= 0.6 is 15.9 Å². The van der Waals surface area contributed by atoms with E-state index < -0.39 is 17.8 Å². The van der Waals surface area contributed by atoms with Gasteiger partial charge in [-0.15, -0.1) is 0 Å². The van der Waals surface area contributed by atoms with E-state index in [-0.39, 0.29) is 22.7 Å². The Hall–Kier alpha value is -3.65. The molecule has 1 aromatic heterocycles. The van der Waals surface area contributed by atoms with Crippen molar-refractivity contribution in [2.45, 2.75) is 0 Å². The van der Waals surface area contributed by atoms with Gasteiger partial charge in [0.15, 0.2) is 10.4 Å². The number of hydrogen-bond acceptors (Lipinski definition) is 5. The zero-order valence-corrected chi connectivity index (χ0v) is 16.4. The van der Waals surface area contributed by atoms with Gasteiger partial charge in [-0.2, -0.15) is 0 Å². The molecule has 0 aliphatic carbocycles. The van der Waals surface area contributed by atoms with E-state index in [4.69, 9.17) is 4.42 Å². The molecule has 146 valence electrons. The van der Waals surface area contributed by atoms with Crippen LogP contribution in [0.15, 0.2) is 81.5 Å². The van der Waals surface area contributed by atoms with Crippen molar-refractivity contribution in [2.75, 3.05) is 5.32 Å². The molecule has 0 saturated heterocycles. The van der Waals surface area contributed by atoms with Gasteiger partial charge < -0.3 is 25.0 Å². The standard InChI is InChI=1S/C21H15BrN2O5/c22-18-10-9-17(29-18)20(26)24-16(11-13-5-2-1-3-6-13)19(25)23-15-8-4-7-14(12-15)21(27)28/h1-12H,(H,23,25)(H,24,26)(H,27,28)/p-1/b16-11-. The molecule has 3 aromatic rings. The van der Waals surface area contributed by atoms with Crippen LogP contribution in [0.2, 0.25) is 0 Å². The molecule has 1 heterocycles. The maximum Gasteiger partial charge on any atom is 0.291 e. The molecule has 0 atom stereocenters. The summed E-state index contributed by atoms with van der Waals surface area (Å²) in [6, 6.07) is 17.5. The summed E-state index contributed by atoms with van der Waals surface area (Å²) in [5.74, 6) is -2.60. The Kier molecular flexibility index (Phi) is 6.25. The minimum atomic E-state index is -1.36. The summed E-state index contributed by atoms with van der Waals surface area (Å²) in [6.45, 7) is 0. The van der Waals surface area contributed by atoms with Gasteiger partial charge in [-0.1, -0.05) is 42.5 Å². The fourth-order valence-electron chi connectivity index (χ4n) is 2.42. The number of benzene rings is 2. The minimum Gasteiger partial charge on any atom is -0.545 e. The number of amides is 2. The van der Waals surface area contributed by atoms with E-state index in [2.05, 4.69) is 26.6 Å². The van der Waals surface area contributed by atoms with Crippen LogP contribution in [0.1, 0.15) is 26.5 Å². The third kappa shape index (κ3) is 5.43. The average molecular weight is 454 g/mol. The molecule has 3 rings (SSSR count). The summed E-state index contributed by atoms with van der Waals surface area (Å²) in [7, 11) is 0. The third-order valence-electron chi connectivity index (χ3n) is 3.76. The molecule has 0 saturated carbocycles. The highest BCUT2D eigenvalue weighted by Crippen LogP contribution is 2.16. The van der Waals surface area contributed by atoms with Gasteiger partial charge in [-0.25, -0.2) is 0 Å². The Bertz CT molecular complexity index is 1090. The van der Waals surface area contributed by atoms with E-state index in [1.165, 1.54) is 36.4 Å². The number of hydrogen-bond donors (Lipinski definition) is 2. The highest BCUT2D eigenvalue weighted by molar-refractivity contribution is 9.10. The van der Waals surface area contributed by atoms with Gasteiger partial charge in [0, 0.05) is 5.69 Å². The smallest absolute Gasteiger partial charge is 0.291 e. The first kappa shape index (κ1) is 20.1. The Morgan fingerprint density at radius 2 is 1.72 bits per heavy atom. The molecule has 0 bridgehead atoms. The van der Waals surface area contributed by atoms with Gasteiger partial charge in [0.1, 0.15) is 5.70 Å². The van der Waals surface area contributed by atoms with Crippen LogP contribution in [0.25, 0.3) is 6.08 Å². The Morgan fingerprint density at radius 3 is 2.38 bits per heavy atom. The average Bonchev–Trinajstić information content (AvgIpc) is 3.15. The first-order valence-corrected chi connectivity index (χ1v) is 9.18. The van der Waals surface area contributed by atoms with Gasteiger partial charge in [0.05, 0.1) is 5.97 Å². The lowest BCUT2D eigenvalue weighted by Gasteiger charge is -2.11. The number of carbonyl (C=O) groups excluding carboxylic acids is 3. The first-order chi connectivity index (χ1) is 13.9. The predicted octanol–water partition coefficient (Wildman–Crippen LogP) is 2.82. The number of anilines is 1. The van der Waals surface area contributed by atoms with E-state index >= 15 is 0 Å². The van der Waals surface area contributed by atoms with Crippen molar-refractivity contribution in [3.63, 3.8) is 0 Å². The lowest BCUT2D eigenvalue weighted by Crippen LogP contribution is -2.30. The quantitative estimate of drug-likeness (QED) is 0.557. The van der Waals surface area contributed by atoms with Crippen LogP contribution < -0.4 is 15.7 Å². The predicted molar refractivity (Wildman–Crippen MR) is 108 cm³/mol. The number of furan rings is 1. The fraction of sp³-hybridized carbons (Fsp3) is 0. The highest BCUT2D eigenvalue weighted by atomic mass is 79.9. The summed E-state index contributed by atoms with van der Waals surface area (Å²) in [5.41, 5.74) is 0.793. The zero-order chi connectivity index (χ0) is 20.8. The summed E-state index contributed by atoms with van der Waals surface area (Å²) < 4.78 is 5.58. The lowest BCUT2D eigenvalue weighted by molar-refractivity contribution is -0.255. The summed E-state index contributed by atoms with van der Waals surface area (Å²) in [5, 5.41) is 16.1. The summed E-state index contributed by atoms with van der Waals surface area (Å²) in [6.07, 6.45) is 1.49. The van der Waals surface area contributed by atoms with Crippen molar-refractivity contribution < 1.29 is 23.9 Å². The van der Waals surface area contributed by atoms with Crippen LogP contribution in [-0.2, 0) is 4.79 Å². The number of aromatic carboxylic acids is 1. The molecule has 0 unspecified atom stereocenters. The van der Waals surface area contributed by atoms with E-state index in [0.717, 1.165) is 0 Å². The Labute approximate surface area is 174 Å². The minimum absolute atomic E-state index is 0.0163. The van der Waals surface area contributed by atoms with E-state index in [1.807, 2.05) is 6.07 Å². The van der Waals surface area contributed by atoms with Crippen LogP contribution in [0.4, 0.5) is 5.69 Å². The number of carbonyl (C=O) groups is 3. The summed E-state index contributed by atoms with van der Waals surface area (Å²) in [4.78, 5) is 36.2. The molecule has 0 spiro atoms. The van der Waals surface area contributed by atoms with Crippen LogP contribution in [-0.4, -0.2) is 17.8 Å². The summed E-state index contributed by atoms with van der Waals surface area (Å²) >= 11 is 3.12. The molecule has 2 N–H and O–H groups in total. The molecular formula is C21H14BrN2O5-. The van der Waals surface area contributed by atoms with Crippen LogP contribution in [0.5, 0.6) is 0 Å². The second-order valence-corrected chi connectivity index (χ2v) is 6.63. The number of carboxylic acids is 1. The van der Waals surface area contributed by atoms with Gasteiger partial charge >= 0.3 is 0 Å². The van der Waals surface area contributed by atoms with E-state index in [9.17, 15) is 19.5 Å². The monoisotopic (exact) mass is 453 g/mol.